The van der Waals surface area contributed by atoms with Crippen molar-refractivity contribution in [2.24, 2.45) is 11.3 Å². The molecule has 18 heavy (non-hydrogen) atoms. The van der Waals surface area contributed by atoms with Crippen molar-refractivity contribution in [2.75, 3.05) is 0 Å². The normalized spacial score (nSPS) is 25.9. The molecule has 0 spiro atoms. The molecule has 94 valence electrons. The van der Waals surface area contributed by atoms with Crippen LogP contribution in [0.2, 0.25) is 0 Å². The van der Waals surface area contributed by atoms with Crippen LogP contribution in [-0.2, 0) is 11.3 Å². The number of benzene rings is 1. The lowest BCUT2D eigenvalue weighted by atomic mass is 9.63. The summed E-state index contributed by atoms with van der Waals surface area (Å²) in [6.07, 6.45) is 1.34. The van der Waals surface area contributed by atoms with Crippen molar-refractivity contribution in [3.8, 4) is 6.07 Å². The summed E-state index contributed by atoms with van der Waals surface area (Å²) in [4.78, 5) is 12.1. The Bertz CT molecular complexity index is 501. The lowest BCUT2D eigenvalue weighted by molar-refractivity contribution is -0.134. The standard InChI is InChI=1S/C14H15BrN2O/c1-10-6-14(7-10,9-16)13(18)17-8-11-4-2-3-5-12(11)15/h2-5,10H,6-8H2,1H3,(H,17,18). The monoisotopic (exact) mass is 306 g/mol. The molecule has 0 saturated heterocycles. The molecule has 1 aliphatic carbocycles. The van der Waals surface area contributed by atoms with Gasteiger partial charge in [0, 0.05) is 11.0 Å². The molecule has 0 unspecified atom stereocenters. The van der Waals surface area contributed by atoms with Crippen LogP contribution in [-0.4, -0.2) is 5.91 Å². The number of halogens is 1. The van der Waals surface area contributed by atoms with E-state index in [-0.39, 0.29) is 5.91 Å². The van der Waals surface area contributed by atoms with Gasteiger partial charge >= 0.3 is 0 Å². The number of carbonyl (C=O) groups excluding carboxylic acids is 1. The summed E-state index contributed by atoms with van der Waals surface area (Å²) in [5.41, 5.74) is 0.229. The molecular weight excluding hydrogens is 292 g/mol. The molecule has 1 amide bonds. The zero-order valence-corrected chi connectivity index (χ0v) is 11.8. The number of nitriles is 1. The fourth-order valence-electron chi connectivity index (χ4n) is 2.44. The van der Waals surface area contributed by atoms with Crippen LogP contribution in [0.4, 0.5) is 0 Å². The second-order valence-electron chi connectivity index (χ2n) is 4.98. The molecule has 1 aliphatic rings. The van der Waals surface area contributed by atoms with Crippen molar-refractivity contribution in [3.05, 3.63) is 34.3 Å². The second-order valence-corrected chi connectivity index (χ2v) is 5.84. The maximum absolute atomic E-state index is 12.1. The molecule has 1 aromatic rings. The van der Waals surface area contributed by atoms with Crippen LogP contribution in [0.15, 0.2) is 28.7 Å². The van der Waals surface area contributed by atoms with Crippen LogP contribution >= 0.6 is 15.9 Å². The molecule has 1 fully saturated rings. The van der Waals surface area contributed by atoms with Crippen molar-refractivity contribution < 1.29 is 4.79 Å². The highest BCUT2D eigenvalue weighted by molar-refractivity contribution is 9.10. The van der Waals surface area contributed by atoms with Gasteiger partial charge in [0.2, 0.25) is 5.91 Å². The molecule has 1 saturated carbocycles. The van der Waals surface area contributed by atoms with E-state index in [4.69, 9.17) is 5.26 Å². The lowest BCUT2D eigenvalue weighted by Crippen LogP contribution is -2.47. The van der Waals surface area contributed by atoms with Crippen LogP contribution in [0.1, 0.15) is 25.3 Å². The Kier molecular flexibility index (Phi) is 3.72. The molecule has 4 heteroatoms. The largest absolute Gasteiger partial charge is 0.351 e. The third-order valence-corrected chi connectivity index (χ3v) is 4.21. The van der Waals surface area contributed by atoms with Crippen LogP contribution in [0.5, 0.6) is 0 Å². The summed E-state index contributed by atoms with van der Waals surface area (Å²) in [6, 6.07) is 9.92. The highest BCUT2D eigenvalue weighted by Crippen LogP contribution is 2.45. The van der Waals surface area contributed by atoms with E-state index >= 15 is 0 Å². The van der Waals surface area contributed by atoms with Gasteiger partial charge in [-0.2, -0.15) is 5.26 Å². The molecule has 0 heterocycles. The Balaban J connectivity index is 1.97. The first-order chi connectivity index (χ1) is 8.57. The molecule has 0 aromatic heterocycles. The predicted molar refractivity (Wildman–Crippen MR) is 72.4 cm³/mol. The van der Waals surface area contributed by atoms with E-state index in [0.717, 1.165) is 10.0 Å². The van der Waals surface area contributed by atoms with Gasteiger partial charge in [-0.3, -0.25) is 4.79 Å². The first kappa shape index (κ1) is 13.1. The lowest BCUT2D eigenvalue weighted by Gasteiger charge is -2.39. The third kappa shape index (κ3) is 2.41. The van der Waals surface area contributed by atoms with Gasteiger partial charge in [0.25, 0.3) is 0 Å². The zero-order chi connectivity index (χ0) is 13.2. The first-order valence-electron chi connectivity index (χ1n) is 6.00. The van der Waals surface area contributed by atoms with E-state index in [9.17, 15) is 4.79 Å². The highest BCUT2D eigenvalue weighted by Gasteiger charge is 2.48. The Morgan fingerprint density at radius 2 is 2.22 bits per heavy atom. The minimum absolute atomic E-state index is 0.140. The maximum Gasteiger partial charge on any atom is 0.240 e. The molecule has 2 rings (SSSR count). The SMILES string of the molecule is CC1CC(C#N)(C(=O)NCc2ccccc2Br)C1. The Morgan fingerprint density at radius 3 is 2.78 bits per heavy atom. The first-order valence-corrected chi connectivity index (χ1v) is 6.80. The number of hydrogen-bond acceptors (Lipinski definition) is 2. The number of hydrogen-bond donors (Lipinski definition) is 1. The van der Waals surface area contributed by atoms with E-state index in [1.807, 2.05) is 24.3 Å². The number of carbonyl (C=O) groups is 1. The number of amides is 1. The van der Waals surface area contributed by atoms with Crippen molar-refractivity contribution >= 4 is 21.8 Å². The smallest absolute Gasteiger partial charge is 0.240 e. The minimum Gasteiger partial charge on any atom is -0.351 e. The van der Waals surface area contributed by atoms with Gasteiger partial charge in [0.15, 0.2) is 0 Å². The van der Waals surface area contributed by atoms with Gasteiger partial charge < -0.3 is 5.32 Å². The Hall–Kier alpha value is -1.34. The van der Waals surface area contributed by atoms with Gasteiger partial charge in [-0.15, -0.1) is 0 Å². The average Bonchev–Trinajstić information content (AvgIpc) is 2.33. The van der Waals surface area contributed by atoms with E-state index in [2.05, 4.69) is 34.2 Å². The maximum atomic E-state index is 12.1. The van der Waals surface area contributed by atoms with E-state index < -0.39 is 5.41 Å². The predicted octanol–water partition coefficient (Wildman–Crippen LogP) is 3.01. The van der Waals surface area contributed by atoms with Crippen molar-refractivity contribution in [1.29, 1.82) is 5.26 Å². The van der Waals surface area contributed by atoms with E-state index in [0.29, 0.717) is 25.3 Å². The van der Waals surface area contributed by atoms with Gasteiger partial charge in [-0.1, -0.05) is 41.1 Å². The van der Waals surface area contributed by atoms with Crippen LogP contribution < -0.4 is 5.32 Å². The summed E-state index contributed by atoms with van der Waals surface area (Å²) in [5.74, 6) is 0.331. The highest BCUT2D eigenvalue weighted by atomic mass is 79.9. The van der Waals surface area contributed by atoms with Crippen LogP contribution in [0.25, 0.3) is 0 Å². The summed E-state index contributed by atoms with van der Waals surface area (Å²) >= 11 is 3.44. The summed E-state index contributed by atoms with van der Waals surface area (Å²) in [6.45, 7) is 2.52. The van der Waals surface area contributed by atoms with E-state index in [1.165, 1.54) is 0 Å². The second kappa shape index (κ2) is 5.11. The average molecular weight is 307 g/mol. The van der Waals surface area contributed by atoms with Crippen molar-refractivity contribution in [1.82, 2.24) is 5.32 Å². The molecule has 1 N–H and O–H groups in total. The fourth-order valence-corrected chi connectivity index (χ4v) is 2.87. The number of nitrogens with one attached hydrogen (secondary N) is 1. The van der Waals surface area contributed by atoms with Gasteiger partial charge in [0.05, 0.1) is 6.07 Å². The Morgan fingerprint density at radius 1 is 1.56 bits per heavy atom. The summed E-state index contributed by atoms with van der Waals surface area (Å²) in [7, 11) is 0. The van der Waals surface area contributed by atoms with Gasteiger partial charge in [-0.25, -0.2) is 0 Å². The van der Waals surface area contributed by atoms with Crippen molar-refractivity contribution in [3.63, 3.8) is 0 Å². The summed E-state index contributed by atoms with van der Waals surface area (Å²) in [5, 5.41) is 12.0. The minimum atomic E-state index is -0.791. The molecule has 0 bridgehead atoms. The molecule has 0 radical (unpaired) electrons. The quantitative estimate of drug-likeness (QED) is 0.933. The number of nitrogens with zero attached hydrogens (tertiary/aromatic N) is 1. The molecule has 1 aromatic carbocycles. The van der Waals surface area contributed by atoms with Crippen molar-refractivity contribution in [2.45, 2.75) is 26.3 Å². The Labute approximate surface area is 115 Å². The molecule has 0 aliphatic heterocycles. The van der Waals surface area contributed by atoms with Crippen LogP contribution in [0.3, 0.4) is 0 Å². The van der Waals surface area contributed by atoms with E-state index in [1.54, 1.807) is 0 Å². The molecule has 0 atom stereocenters. The van der Waals surface area contributed by atoms with Gasteiger partial charge in [0.1, 0.15) is 5.41 Å². The molecular formula is C14H15BrN2O. The molecule has 3 nitrogen and oxygen atoms in total. The zero-order valence-electron chi connectivity index (χ0n) is 10.2. The topological polar surface area (TPSA) is 52.9 Å². The van der Waals surface area contributed by atoms with Gasteiger partial charge in [-0.05, 0) is 30.4 Å². The van der Waals surface area contributed by atoms with Crippen LogP contribution in [0, 0.1) is 22.7 Å². The number of rotatable bonds is 3. The fraction of sp³-hybridized carbons (Fsp3) is 0.429. The summed E-state index contributed by atoms with van der Waals surface area (Å²) < 4.78 is 0.971. The third-order valence-electron chi connectivity index (χ3n) is 3.44.